The molecule has 1 aromatic rings. The summed E-state index contributed by atoms with van der Waals surface area (Å²) in [6.07, 6.45) is 0.479. The Hall–Kier alpha value is -2.90. The molecule has 0 radical (unpaired) electrons. The van der Waals surface area contributed by atoms with Gasteiger partial charge >= 0.3 is 12.1 Å². The summed E-state index contributed by atoms with van der Waals surface area (Å²) >= 11 is 0. The Labute approximate surface area is 163 Å². The molecule has 0 aliphatic carbocycles. The van der Waals surface area contributed by atoms with E-state index in [0.717, 1.165) is 0 Å². The predicted octanol–water partition coefficient (Wildman–Crippen LogP) is 2.77. The molecule has 0 aromatic heterocycles. The number of hydrogen-bond donors (Lipinski definition) is 0. The van der Waals surface area contributed by atoms with Gasteiger partial charge in [-0.3, -0.25) is 9.59 Å². The lowest BCUT2D eigenvalue weighted by atomic mass is 10.2. The van der Waals surface area contributed by atoms with Crippen LogP contribution >= 0.6 is 0 Å². The summed E-state index contributed by atoms with van der Waals surface area (Å²) in [6, 6.07) is 4.40. The molecule has 0 spiro atoms. The minimum Gasteiger partial charge on any atom is -0.488 e. The third kappa shape index (κ3) is 5.80. The van der Waals surface area contributed by atoms with Crippen molar-refractivity contribution in [1.29, 1.82) is 0 Å². The number of carbonyl (C=O) groups excluding carboxylic acids is 4. The van der Waals surface area contributed by atoms with Crippen LogP contribution in [0.2, 0.25) is 0 Å². The summed E-state index contributed by atoms with van der Waals surface area (Å²) < 4.78 is 16.2. The van der Waals surface area contributed by atoms with Crippen LogP contribution in [0.3, 0.4) is 0 Å². The van der Waals surface area contributed by atoms with Crippen molar-refractivity contribution in [2.45, 2.75) is 52.2 Å². The zero-order valence-corrected chi connectivity index (χ0v) is 16.5. The van der Waals surface area contributed by atoms with E-state index in [2.05, 4.69) is 0 Å². The Kier molecular flexibility index (Phi) is 6.77. The van der Waals surface area contributed by atoms with Crippen molar-refractivity contribution in [2.75, 3.05) is 13.1 Å². The van der Waals surface area contributed by atoms with Gasteiger partial charge in [-0.05, 0) is 32.9 Å². The van der Waals surface area contributed by atoms with Gasteiger partial charge in [0, 0.05) is 25.5 Å². The molecule has 1 atom stereocenters. The first-order valence-corrected chi connectivity index (χ1v) is 9.11. The summed E-state index contributed by atoms with van der Waals surface area (Å²) in [4.78, 5) is 48.0. The van der Waals surface area contributed by atoms with Gasteiger partial charge in [0.25, 0.3) is 0 Å². The van der Waals surface area contributed by atoms with Crippen LogP contribution in [0.5, 0.6) is 11.5 Å². The first-order chi connectivity index (χ1) is 13.1. The summed E-state index contributed by atoms with van der Waals surface area (Å²) in [5.41, 5.74) is -0.443. The summed E-state index contributed by atoms with van der Waals surface area (Å²) in [5, 5.41) is 0. The maximum absolute atomic E-state index is 12.1. The molecular formula is C20H25NO7. The summed E-state index contributed by atoms with van der Waals surface area (Å²) in [5.74, 6) is -1.39. The zero-order valence-electron chi connectivity index (χ0n) is 16.5. The Balaban J connectivity index is 2.04. The lowest BCUT2D eigenvalue weighted by molar-refractivity contribution is -0.146. The van der Waals surface area contributed by atoms with Gasteiger partial charge in [0.15, 0.2) is 6.29 Å². The van der Waals surface area contributed by atoms with Gasteiger partial charge in [0.2, 0.25) is 5.78 Å². The van der Waals surface area contributed by atoms with Crippen LogP contribution in [0.25, 0.3) is 0 Å². The Morgan fingerprint density at radius 3 is 2.57 bits per heavy atom. The molecular weight excluding hydrogens is 366 g/mol. The third-order valence-electron chi connectivity index (χ3n) is 3.96. The topological polar surface area (TPSA) is 99.2 Å². The Bertz CT molecular complexity index is 766. The maximum atomic E-state index is 12.1. The van der Waals surface area contributed by atoms with E-state index in [0.29, 0.717) is 31.5 Å². The molecule has 0 bridgehead atoms. The number of likely N-dealkylation sites (tertiary alicyclic amines) is 1. The standard InChI is InChI=1S/C20H25NO7/c1-5-16(23)18(24)27-17-10-14(7-6-13(17)12-22)26-15-8-9-21(11-15)19(25)28-20(2,3)4/h6-7,10,12,15H,5,8-9,11H2,1-4H3/t15-/m0/s1. The van der Waals surface area contributed by atoms with Crippen LogP contribution in [0.4, 0.5) is 4.79 Å². The SMILES string of the molecule is CCC(=O)C(=O)Oc1cc(O[C@H]2CCN(C(=O)OC(C)(C)C)C2)ccc1C=O. The molecule has 28 heavy (non-hydrogen) atoms. The van der Waals surface area contributed by atoms with Crippen molar-refractivity contribution in [3.63, 3.8) is 0 Å². The van der Waals surface area contributed by atoms with E-state index >= 15 is 0 Å². The smallest absolute Gasteiger partial charge is 0.410 e. The van der Waals surface area contributed by atoms with E-state index < -0.39 is 23.4 Å². The molecule has 1 aromatic carbocycles. The van der Waals surface area contributed by atoms with Crippen molar-refractivity contribution in [1.82, 2.24) is 4.90 Å². The van der Waals surface area contributed by atoms with Gasteiger partial charge < -0.3 is 19.1 Å². The van der Waals surface area contributed by atoms with Crippen LogP contribution in [-0.4, -0.2) is 53.8 Å². The molecule has 1 aliphatic heterocycles. The van der Waals surface area contributed by atoms with Gasteiger partial charge in [-0.25, -0.2) is 9.59 Å². The van der Waals surface area contributed by atoms with Crippen LogP contribution in [-0.2, 0) is 14.3 Å². The molecule has 1 aliphatic rings. The third-order valence-corrected chi connectivity index (χ3v) is 3.96. The molecule has 8 nitrogen and oxygen atoms in total. The van der Waals surface area contributed by atoms with E-state index in [1.165, 1.54) is 12.1 Å². The fourth-order valence-electron chi connectivity index (χ4n) is 2.58. The number of rotatable bonds is 6. The molecule has 1 heterocycles. The molecule has 0 unspecified atom stereocenters. The molecule has 0 N–H and O–H groups in total. The number of carbonyl (C=O) groups is 4. The fraction of sp³-hybridized carbons (Fsp3) is 0.500. The first kappa shape index (κ1) is 21.4. The van der Waals surface area contributed by atoms with Crippen molar-refractivity contribution >= 4 is 24.1 Å². The minimum atomic E-state index is -1.03. The first-order valence-electron chi connectivity index (χ1n) is 9.11. The van der Waals surface area contributed by atoms with Gasteiger partial charge in [0.1, 0.15) is 23.2 Å². The summed E-state index contributed by atoms with van der Waals surface area (Å²) in [6.45, 7) is 7.80. The van der Waals surface area contributed by atoms with E-state index in [-0.39, 0.29) is 23.8 Å². The largest absolute Gasteiger partial charge is 0.488 e. The molecule has 1 saturated heterocycles. The number of aldehydes is 1. The lowest BCUT2D eigenvalue weighted by Gasteiger charge is -2.24. The normalized spacial score (nSPS) is 16.4. The minimum absolute atomic E-state index is 0.00796. The molecule has 1 fully saturated rings. The van der Waals surface area contributed by atoms with Gasteiger partial charge in [-0.1, -0.05) is 6.92 Å². The van der Waals surface area contributed by atoms with E-state index in [1.807, 2.05) is 0 Å². The fourth-order valence-corrected chi connectivity index (χ4v) is 2.58. The molecule has 0 saturated carbocycles. The number of ketones is 1. The van der Waals surface area contributed by atoms with E-state index in [9.17, 15) is 19.2 Å². The number of hydrogen-bond acceptors (Lipinski definition) is 7. The highest BCUT2D eigenvalue weighted by Crippen LogP contribution is 2.27. The van der Waals surface area contributed by atoms with Crippen molar-refractivity contribution in [3.05, 3.63) is 23.8 Å². The highest BCUT2D eigenvalue weighted by molar-refractivity contribution is 6.34. The van der Waals surface area contributed by atoms with Crippen molar-refractivity contribution in [3.8, 4) is 11.5 Å². The lowest BCUT2D eigenvalue weighted by Crippen LogP contribution is -2.36. The number of ether oxygens (including phenoxy) is 3. The molecule has 1 amide bonds. The second kappa shape index (κ2) is 8.86. The number of benzene rings is 1. The number of amides is 1. The monoisotopic (exact) mass is 391 g/mol. The average molecular weight is 391 g/mol. The van der Waals surface area contributed by atoms with Crippen LogP contribution in [0.15, 0.2) is 18.2 Å². The van der Waals surface area contributed by atoms with Gasteiger partial charge in [-0.2, -0.15) is 0 Å². The maximum Gasteiger partial charge on any atom is 0.410 e. The van der Waals surface area contributed by atoms with Crippen molar-refractivity contribution in [2.24, 2.45) is 0 Å². The van der Waals surface area contributed by atoms with Crippen molar-refractivity contribution < 1.29 is 33.4 Å². The van der Waals surface area contributed by atoms with E-state index in [4.69, 9.17) is 14.2 Å². The van der Waals surface area contributed by atoms with Crippen LogP contribution in [0.1, 0.15) is 50.9 Å². The molecule has 2 rings (SSSR count). The van der Waals surface area contributed by atoms with Gasteiger partial charge in [0.05, 0.1) is 12.1 Å². The number of Topliss-reactive ketones (excluding diaryl/α,β-unsaturated/α-hetero) is 1. The molecule has 8 heteroatoms. The highest BCUT2D eigenvalue weighted by atomic mass is 16.6. The molecule has 152 valence electrons. The second-order valence-corrected chi connectivity index (χ2v) is 7.44. The zero-order chi connectivity index (χ0) is 20.9. The Morgan fingerprint density at radius 2 is 1.96 bits per heavy atom. The Morgan fingerprint density at radius 1 is 1.25 bits per heavy atom. The average Bonchev–Trinajstić information content (AvgIpc) is 3.08. The van der Waals surface area contributed by atoms with Crippen LogP contribution < -0.4 is 9.47 Å². The number of esters is 1. The summed E-state index contributed by atoms with van der Waals surface area (Å²) in [7, 11) is 0. The van der Waals surface area contributed by atoms with E-state index in [1.54, 1.807) is 38.7 Å². The second-order valence-electron chi connectivity index (χ2n) is 7.44. The van der Waals surface area contributed by atoms with Crippen LogP contribution in [0, 0.1) is 0 Å². The predicted molar refractivity (Wildman–Crippen MR) is 99.6 cm³/mol. The quantitative estimate of drug-likeness (QED) is 0.318. The highest BCUT2D eigenvalue weighted by Gasteiger charge is 2.31. The number of nitrogens with zero attached hydrogens (tertiary/aromatic N) is 1. The van der Waals surface area contributed by atoms with Gasteiger partial charge in [-0.15, -0.1) is 0 Å².